The fourth-order valence-corrected chi connectivity index (χ4v) is 1.99. The Morgan fingerprint density at radius 2 is 1.71 bits per heavy atom. The topological polar surface area (TPSA) is 55.1 Å². The molecule has 0 unspecified atom stereocenters. The summed E-state index contributed by atoms with van der Waals surface area (Å²) >= 11 is 10.4. The van der Waals surface area contributed by atoms with E-state index in [0.717, 1.165) is 12.1 Å². The number of hydrogen-bond acceptors (Lipinski definition) is 2. The van der Waals surface area contributed by atoms with Gasteiger partial charge >= 0.3 is 0 Å². The first-order valence-corrected chi connectivity index (χ1v) is 6.53. The molecule has 1 amide bonds. The highest BCUT2D eigenvalue weighted by Gasteiger charge is 2.14. The van der Waals surface area contributed by atoms with Crippen molar-refractivity contribution in [1.29, 1.82) is 0 Å². The van der Waals surface area contributed by atoms with E-state index < -0.39 is 17.5 Å². The number of amides is 1. The molecule has 0 saturated heterocycles. The Balaban J connectivity index is 2.29. The molecule has 0 atom stereocenters. The van der Waals surface area contributed by atoms with Gasteiger partial charge in [-0.3, -0.25) is 4.79 Å². The van der Waals surface area contributed by atoms with Gasteiger partial charge < -0.3 is 11.1 Å². The Bertz CT molecular complexity index is 737. The molecule has 7 heteroatoms. The molecule has 108 valence electrons. The lowest BCUT2D eigenvalue weighted by Gasteiger charge is -2.08. The smallest absolute Gasteiger partial charge is 0.258 e. The summed E-state index contributed by atoms with van der Waals surface area (Å²) in [6.45, 7) is 0. The fraction of sp³-hybridized carbons (Fsp3) is 0. The van der Waals surface area contributed by atoms with Gasteiger partial charge in [0.05, 0.1) is 5.56 Å². The zero-order valence-electron chi connectivity index (χ0n) is 10.5. The minimum Gasteiger partial charge on any atom is -0.389 e. The summed E-state index contributed by atoms with van der Waals surface area (Å²) in [6, 6.07) is 7.32. The number of halogens is 3. The Hall–Kier alpha value is -2.05. The Morgan fingerprint density at radius 3 is 2.38 bits per heavy atom. The molecular formula is C14H9ClF2N2OS. The van der Waals surface area contributed by atoms with Crippen molar-refractivity contribution in [3.05, 3.63) is 64.2 Å². The molecule has 0 aliphatic carbocycles. The van der Waals surface area contributed by atoms with Crippen LogP contribution in [0.1, 0.15) is 15.9 Å². The second-order valence-electron chi connectivity index (χ2n) is 4.14. The normalized spacial score (nSPS) is 10.2. The van der Waals surface area contributed by atoms with Crippen molar-refractivity contribution in [3.63, 3.8) is 0 Å². The molecule has 2 aromatic rings. The Kier molecular flexibility index (Phi) is 4.50. The summed E-state index contributed by atoms with van der Waals surface area (Å²) < 4.78 is 27.0. The lowest BCUT2D eigenvalue weighted by Crippen LogP contribution is -2.16. The molecule has 21 heavy (non-hydrogen) atoms. The number of benzene rings is 2. The van der Waals surface area contributed by atoms with Crippen molar-refractivity contribution < 1.29 is 13.6 Å². The van der Waals surface area contributed by atoms with Crippen LogP contribution in [0, 0.1) is 11.6 Å². The number of carbonyl (C=O) groups is 1. The third kappa shape index (κ3) is 3.53. The number of rotatable bonds is 3. The highest BCUT2D eigenvalue weighted by atomic mass is 35.5. The summed E-state index contributed by atoms with van der Waals surface area (Å²) in [5, 5.41) is 2.66. The maximum atomic E-state index is 13.6. The summed E-state index contributed by atoms with van der Waals surface area (Å²) in [7, 11) is 0. The molecule has 0 saturated carbocycles. The predicted octanol–water partition coefficient (Wildman–Crippen LogP) is 3.50. The Labute approximate surface area is 129 Å². The predicted molar refractivity (Wildman–Crippen MR) is 81.7 cm³/mol. The van der Waals surface area contributed by atoms with Crippen LogP contribution in [-0.2, 0) is 0 Å². The molecule has 0 heterocycles. The van der Waals surface area contributed by atoms with Crippen LogP contribution in [0.3, 0.4) is 0 Å². The molecular weight excluding hydrogens is 318 g/mol. The number of carbonyl (C=O) groups excluding carboxylic acids is 1. The van der Waals surface area contributed by atoms with Gasteiger partial charge in [-0.15, -0.1) is 0 Å². The SMILES string of the molecule is NC(=S)c1cc(NC(=O)c2cc(Cl)ccc2F)ccc1F. The minimum absolute atomic E-state index is 0.00522. The van der Waals surface area contributed by atoms with Gasteiger partial charge in [0.25, 0.3) is 5.91 Å². The van der Waals surface area contributed by atoms with Crippen molar-refractivity contribution in [2.45, 2.75) is 0 Å². The third-order valence-corrected chi connectivity index (χ3v) is 3.12. The number of nitrogens with two attached hydrogens (primary N) is 1. The maximum Gasteiger partial charge on any atom is 0.258 e. The van der Waals surface area contributed by atoms with E-state index in [9.17, 15) is 13.6 Å². The summed E-state index contributed by atoms with van der Waals surface area (Å²) in [6.07, 6.45) is 0. The second-order valence-corrected chi connectivity index (χ2v) is 5.01. The molecule has 0 spiro atoms. The highest BCUT2D eigenvalue weighted by Crippen LogP contribution is 2.19. The molecule has 2 aromatic carbocycles. The molecule has 0 aliphatic rings. The van der Waals surface area contributed by atoms with Crippen LogP contribution in [0.5, 0.6) is 0 Å². The maximum absolute atomic E-state index is 13.6. The van der Waals surface area contributed by atoms with Crippen molar-refractivity contribution in [2.24, 2.45) is 5.73 Å². The first-order valence-electron chi connectivity index (χ1n) is 5.74. The van der Waals surface area contributed by atoms with Gasteiger partial charge in [-0.25, -0.2) is 8.78 Å². The lowest BCUT2D eigenvalue weighted by atomic mass is 10.1. The first-order chi connectivity index (χ1) is 9.88. The van der Waals surface area contributed by atoms with Crippen LogP contribution in [0.25, 0.3) is 0 Å². The average Bonchev–Trinajstić information content (AvgIpc) is 2.43. The van der Waals surface area contributed by atoms with Gasteiger partial charge in [-0.05, 0) is 36.4 Å². The van der Waals surface area contributed by atoms with Gasteiger partial charge in [-0.2, -0.15) is 0 Å². The average molecular weight is 327 g/mol. The third-order valence-electron chi connectivity index (χ3n) is 2.66. The highest BCUT2D eigenvalue weighted by molar-refractivity contribution is 7.80. The molecule has 3 N–H and O–H groups in total. The van der Waals surface area contributed by atoms with Crippen molar-refractivity contribution >= 4 is 40.4 Å². The molecule has 0 radical (unpaired) electrons. The quantitative estimate of drug-likeness (QED) is 0.849. The van der Waals surface area contributed by atoms with E-state index in [4.69, 9.17) is 29.6 Å². The van der Waals surface area contributed by atoms with Crippen LogP contribution in [0.2, 0.25) is 5.02 Å². The molecule has 2 rings (SSSR count). The van der Waals surface area contributed by atoms with Crippen LogP contribution in [-0.4, -0.2) is 10.9 Å². The van der Waals surface area contributed by atoms with E-state index in [-0.39, 0.29) is 26.8 Å². The van der Waals surface area contributed by atoms with Gasteiger partial charge in [0.2, 0.25) is 0 Å². The zero-order valence-corrected chi connectivity index (χ0v) is 12.1. The number of hydrogen-bond donors (Lipinski definition) is 2. The summed E-state index contributed by atoms with van der Waals surface area (Å²) in [5.41, 5.74) is 5.39. The molecule has 0 aromatic heterocycles. The molecule has 0 fully saturated rings. The number of nitrogens with one attached hydrogen (secondary N) is 1. The fourth-order valence-electron chi connectivity index (χ4n) is 1.66. The lowest BCUT2D eigenvalue weighted by molar-refractivity contribution is 0.102. The van der Waals surface area contributed by atoms with E-state index in [1.165, 1.54) is 24.3 Å². The van der Waals surface area contributed by atoms with Crippen LogP contribution in [0.4, 0.5) is 14.5 Å². The van der Waals surface area contributed by atoms with Gasteiger partial charge in [0.15, 0.2) is 0 Å². The van der Waals surface area contributed by atoms with E-state index in [2.05, 4.69) is 5.32 Å². The monoisotopic (exact) mass is 326 g/mol. The number of thiocarbonyl (C=S) groups is 1. The van der Waals surface area contributed by atoms with Gasteiger partial charge in [0, 0.05) is 16.3 Å². The zero-order chi connectivity index (χ0) is 15.6. The van der Waals surface area contributed by atoms with Crippen LogP contribution in [0.15, 0.2) is 36.4 Å². The largest absolute Gasteiger partial charge is 0.389 e. The van der Waals surface area contributed by atoms with Gasteiger partial charge in [-0.1, -0.05) is 23.8 Å². The second kappa shape index (κ2) is 6.15. The molecule has 0 aliphatic heterocycles. The summed E-state index contributed by atoms with van der Waals surface area (Å²) in [5.74, 6) is -2.03. The Morgan fingerprint density at radius 1 is 1.10 bits per heavy atom. The van der Waals surface area contributed by atoms with Crippen molar-refractivity contribution in [2.75, 3.05) is 5.32 Å². The number of anilines is 1. The first kappa shape index (κ1) is 15.3. The molecule has 0 bridgehead atoms. The van der Waals surface area contributed by atoms with Crippen molar-refractivity contribution in [3.8, 4) is 0 Å². The van der Waals surface area contributed by atoms with Crippen molar-refractivity contribution in [1.82, 2.24) is 0 Å². The standard InChI is InChI=1S/C14H9ClF2N2OS/c15-7-1-3-12(17)10(5-7)14(20)19-8-2-4-11(16)9(6-8)13(18)21/h1-6H,(H2,18,21)(H,19,20). The summed E-state index contributed by atoms with van der Waals surface area (Å²) in [4.78, 5) is 11.8. The van der Waals surface area contributed by atoms with Crippen LogP contribution >= 0.6 is 23.8 Å². The van der Waals surface area contributed by atoms with Gasteiger partial charge in [0.1, 0.15) is 16.6 Å². The van der Waals surface area contributed by atoms with Crippen LogP contribution < -0.4 is 11.1 Å². The van der Waals surface area contributed by atoms with E-state index in [1.807, 2.05) is 0 Å². The minimum atomic E-state index is -0.714. The van der Waals surface area contributed by atoms with E-state index >= 15 is 0 Å². The molecule has 3 nitrogen and oxygen atoms in total. The van der Waals surface area contributed by atoms with E-state index in [1.54, 1.807) is 0 Å². The van der Waals surface area contributed by atoms with E-state index in [0.29, 0.717) is 0 Å².